The number of para-hydroxylation sites is 4. The van der Waals surface area contributed by atoms with Crippen molar-refractivity contribution in [1.29, 1.82) is 0 Å². The summed E-state index contributed by atoms with van der Waals surface area (Å²) in [7, 11) is -3.64. The van der Waals surface area contributed by atoms with Crippen LogP contribution in [0.3, 0.4) is 0 Å². The Bertz CT molecular complexity index is 1360. The molecule has 0 bridgehead atoms. The van der Waals surface area contributed by atoms with Crippen LogP contribution in [0.2, 0.25) is 0 Å². The maximum atomic E-state index is 6.56. The molecule has 0 aliphatic carbocycles. The first kappa shape index (κ1) is 42.3. The van der Waals surface area contributed by atoms with Gasteiger partial charge in [-0.15, -0.1) is 0 Å². The van der Waals surface area contributed by atoms with Gasteiger partial charge in [0.15, 0.2) is 0 Å². The van der Waals surface area contributed by atoms with Crippen molar-refractivity contribution in [2.45, 2.75) is 105 Å². The van der Waals surface area contributed by atoms with E-state index in [1.165, 1.54) is 0 Å². The number of hydrogen-bond acceptors (Lipinski definition) is 6. The summed E-state index contributed by atoms with van der Waals surface area (Å²) in [5.74, 6) is 4.39. The third-order valence-electron chi connectivity index (χ3n) is 9.42. The van der Waals surface area contributed by atoms with E-state index in [1.807, 2.05) is 72.8 Å². The van der Waals surface area contributed by atoms with Crippen LogP contribution >= 0.6 is 17.2 Å². The van der Waals surface area contributed by atoms with Gasteiger partial charge >= 0.3 is 17.2 Å². The van der Waals surface area contributed by atoms with E-state index in [9.17, 15) is 0 Å². The molecule has 9 heteroatoms. The van der Waals surface area contributed by atoms with Gasteiger partial charge in [0.1, 0.15) is 23.0 Å². The van der Waals surface area contributed by atoms with Crippen LogP contribution in [0.1, 0.15) is 127 Å². The minimum Gasteiger partial charge on any atom is -0.417 e. The van der Waals surface area contributed by atoms with Gasteiger partial charge in [-0.3, -0.25) is 9.05 Å². The molecular weight excluding hydrogens is 673 g/mol. The molecule has 3 radical (unpaired) electrons. The lowest BCUT2D eigenvalue weighted by Crippen LogP contribution is -2.10. The monoisotopic (exact) mass is 729 g/mol. The molecule has 0 aliphatic heterocycles. The fourth-order valence-electron chi connectivity index (χ4n) is 5.45. The number of hydrogen-bond donors (Lipinski definition) is 0. The molecule has 4 atom stereocenters. The maximum absolute atomic E-state index is 6.56. The van der Waals surface area contributed by atoms with Crippen molar-refractivity contribution in [3.8, 4) is 23.0 Å². The molecule has 0 N–H and O–H groups in total. The van der Waals surface area contributed by atoms with E-state index >= 15 is 0 Å². The third kappa shape index (κ3) is 12.3. The topological polar surface area (TPSA) is 55.4 Å². The predicted molar refractivity (Wildman–Crippen MR) is 215 cm³/mol. The van der Waals surface area contributed by atoms with Crippen LogP contribution in [0.25, 0.3) is 0 Å². The van der Waals surface area contributed by atoms with Crippen LogP contribution in [0, 0.1) is 0 Å². The third-order valence-corrected chi connectivity index (χ3v) is 11.6. The molecule has 4 unspecified atom stereocenters. The SMILES string of the molecule is CCC(C)c1ccccc1OP(OCCOP(Oc1ccccc1C(C)CC)Oc1ccccc1C(C)CC)Oc1ccccc1C(C)CC.[B]. The van der Waals surface area contributed by atoms with E-state index in [-0.39, 0.29) is 21.6 Å². The fourth-order valence-corrected chi connectivity index (χ4v) is 7.49. The van der Waals surface area contributed by atoms with E-state index in [4.69, 9.17) is 27.1 Å². The van der Waals surface area contributed by atoms with Gasteiger partial charge in [-0.05, 0) is 95.9 Å². The summed E-state index contributed by atoms with van der Waals surface area (Å²) in [4.78, 5) is 0. The molecule has 0 spiro atoms. The van der Waals surface area contributed by atoms with E-state index in [0.29, 0.717) is 23.7 Å². The average molecular weight is 730 g/mol. The lowest BCUT2D eigenvalue weighted by molar-refractivity contribution is 0.185. The van der Waals surface area contributed by atoms with E-state index in [0.717, 1.165) is 70.9 Å². The first-order chi connectivity index (χ1) is 24.3. The highest BCUT2D eigenvalue weighted by Crippen LogP contribution is 2.48. The summed E-state index contributed by atoms with van der Waals surface area (Å²) in [6.45, 7) is 18.0. The molecule has 0 aliphatic rings. The Hall–Kier alpha value is -3.08. The molecule has 0 fully saturated rings. The molecule has 0 amide bonds. The van der Waals surface area contributed by atoms with Gasteiger partial charge in [-0.25, -0.2) is 0 Å². The van der Waals surface area contributed by atoms with Crippen LogP contribution < -0.4 is 18.1 Å². The number of benzene rings is 4. The fraction of sp³-hybridized carbons (Fsp3) is 0.429. The van der Waals surface area contributed by atoms with Gasteiger partial charge in [0, 0.05) is 8.41 Å². The summed E-state index contributed by atoms with van der Waals surface area (Å²) in [6.07, 6.45) is 3.98. The molecule has 0 aromatic heterocycles. The minimum absolute atomic E-state index is 0. The van der Waals surface area contributed by atoms with Gasteiger partial charge in [-0.2, -0.15) is 0 Å². The zero-order chi connectivity index (χ0) is 35.9. The second-order valence-corrected chi connectivity index (χ2v) is 15.0. The van der Waals surface area contributed by atoms with Gasteiger partial charge in [-0.1, -0.05) is 128 Å². The Morgan fingerprint density at radius 3 is 0.824 bits per heavy atom. The molecule has 0 saturated heterocycles. The molecule has 273 valence electrons. The quantitative estimate of drug-likeness (QED) is 0.0483. The summed E-state index contributed by atoms with van der Waals surface area (Å²) < 4.78 is 39.0. The van der Waals surface area contributed by atoms with Gasteiger partial charge in [0.25, 0.3) is 0 Å². The van der Waals surface area contributed by atoms with Crippen molar-refractivity contribution in [3.05, 3.63) is 119 Å². The molecule has 4 rings (SSSR count). The Balaban J connectivity index is 0.00000702. The number of rotatable bonds is 21. The van der Waals surface area contributed by atoms with Crippen LogP contribution in [0.15, 0.2) is 97.1 Å². The molecule has 4 aromatic carbocycles. The highest BCUT2D eigenvalue weighted by atomic mass is 31.2. The second kappa shape index (κ2) is 22.1. The van der Waals surface area contributed by atoms with Gasteiger partial charge < -0.3 is 18.1 Å². The predicted octanol–water partition coefficient (Wildman–Crippen LogP) is 13.5. The van der Waals surface area contributed by atoms with Gasteiger partial charge in [0.2, 0.25) is 0 Å². The molecule has 0 heterocycles. The molecular formula is C42H56BO6P2. The Morgan fingerprint density at radius 1 is 0.392 bits per heavy atom. The van der Waals surface area contributed by atoms with E-state index in [2.05, 4.69) is 79.7 Å². The normalized spacial score (nSPS) is 14.7. The Labute approximate surface area is 312 Å². The summed E-state index contributed by atoms with van der Waals surface area (Å²) in [5.41, 5.74) is 4.52. The summed E-state index contributed by atoms with van der Waals surface area (Å²) in [5, 5.41) is 0. The van der Waals surface area contributed by atoms with Crippen molar-refractivity contribution < 1.29 is 27.1 Å². The first-order valence-electron chi connectivity index (χ1n) is 18.2. The maximum Gasteiger partial charge on any atom is 0.463 e. The standard InChI is InChI=1S/C42H56O6P2.B/c1-9-31(5)35-21-13-17-25-39(35)45-49(46-40-26-18-14-22-36(40)32(6)10-2)43-29-30-44-50(47-41-27-19-15-23-37(41)33(7)11-3)48-42-28-20-16-24-38(42)34(8)12-4;/h13-28,31-34H,9-12,29-30H2,1-8H3;. The highest BCUT2D eigenvalue weighted by Gasteiger charge is 2.26. The summed E-state index contributed by atoms with van der Waals surface area (Å²) in [6, 6.07) is 32.6. The van der Waals surface area contributed by atoms with Crippen LogP contribution in [0.4, 0.5) is 0 Å². The zero-order valence-corrected chi connectivity index (χ0v) is 33.5. The average Bonchev–Trinajstić information content (AvgIpc) is 3.15. The largest absolute Gasteiger partial charge is 0.463 e. The minimum atomic E-state index is -1.82. The molecule has 4 aromatic rings. The zero-order valence-electron chi connectivity index (χ0n) is 31.7. The van der Waals surface area contributed by atoms with Crippen LogP contribution in [-0.4, -0.2) is 21.6 Å². The van der Waals surface area contributed by atoms with Crippen molar-refractivity contribution >= 4 is 25.6 Å². The summed E-state index contributed by atoms with van der Waals surface area (Å²) >= 11 is 0. The van der Waals surface area contributed by atoms with Crippen molar-refractivity contribution in [2.75, 3.05) is 13.2 Å². The van der Waals surface area contributed by atoms with Crippen molar-refractivity contribution in [3.63, 3.8) is 0 Å². The Morgan fingerprint density at radius 2 is 0.608 bits per heavy atom. The smallest absolute Gasteiger partial charge is 0.417 e. The Kier molecular flexibility index (Phi) is 18.3. The van der Waals surface area contributed by atoms with Gasteiger partial charge in [0.05, 0.1) is 13.2 Å². The second-order valence-electron chi connectivity index (χ2n) is 12.9. The molecule has 0 saturated carbocycles. The van der Waals surface area contributed by atoms with E-state index in [1.54, 1.807) is 0 Å². The lowest BCUT2D eigenvalue weighted by Gasteiger charge is -2.24. The van der Waals surface area contributed by atoms with Crippen molar-refractivity contribution in [1.82, 2.24) is 0 Å². The highest BCUT2D eigenvalue weighted by molar-refractivity contribution is 7.43. The van der Waals surface area contributed by atoms with E-state index < -0.39 is 17.2 Å². The van der Waals surface area contributed by atoms with Crippen molar-refractivity contribution in [2.24, 2.45) is 0 Å². The first-order valence-corrected chi connectivity index (χ1v) is 20.4. The molecule has 51 heavy (non-hydrogen) atoms. The lowest BCUT2D eigenvalue weighted by atomic mass is 9.98. The van der Waals surface area contributed by atoms with Crippen LogP contribution in [0.5, 0.6) is 23.0 Å². The molecule has 6 nitrogen and oxygen atoms in total. The van der Waals surface area contributed by atoms with Crippen LogP contribution in [-0.2, 0) is 9.05 Å².